The molecule has 0 bridgehead atoms. The summed E-state index contributed by atoms with van der Waals surface area (Å²) in [5.41, 5.74) is 0.897. The van der Waals surface area contributed by atoms with Crippen LogP contribution in [0.25, 0.3) is 11.0 Å². The molecule has 0 saturated carbocycles. The maximum Gasteiger partial charge on any atom is 0.253 e. The number of likely N-dealkylation sites (tertiary alicyclic amines) is 2. The summed E-state index contributed by atoms with van der Waals surface area (Å²) in [6.07, 6.45) is 4.31. The monoisotopic (exact) mass is 438 g/mol. The van der Waals surface area contributed by atoms with Crippen molar-refractivity contribution < 1.29 is 22.8 Å². The second-order valence-corrected chi connectivity index (χ2v) is 8.81. The number of hydrogen-bond acceptors (Lipinski definition) is 3. The van der Waals surface area contributed by atoms with Crippen LogP contribution in [0.15, 0.2) is 53.1 Å². The van der Waals surface area contributed by atoms with Crippen LogP contribution in [0.3, 0.4) is 0 Å². The predicted octanol–water partition coefficient (Wildman–Crippen LogP) is 4.76. The zero-order valence-corrected chi connectivity index (χ0v) is 17.7. The molecule has 5 nitrogen and oxygen atoms in total. The molecule has 2 saturated heterocycles. The van der Waals surface area contributed by atoms with Crippen LogP contribution in [0.5, 0.6) is 0 Å². The minimum absolute atomic E-state index is 0.0171. The molecular formula is C25H24F2N2O3. The Balaban J connectivity index is 1.27. The van der Waals surface area contributed by atoms with E-state index in [0.29, 0.717) is 43.6 Å². The number of hydrogen-bond donors (Lipinski definition) is 0. The molecule has 2 aliphatic heterocycles. The number of piperidine rings is 2. The fourth-order valence-corrected chi connectivity index (χ4v) is 5.05. The van der Waals surface area contributed by atoms with Gasteiger partial charge < -0.3 is 14.2 Å². The lowest BCUT2D eigenvalue weighted by Crippen LogP contribution is -2.54. The molecule has 0 radical (unpaired) electrons. The Kier molecular flexibility index (Phi) is 5.19. The number of rotatable bonds is 3. The number of carbonyl (C=O) groups is 2. The van der Waals surface area contributed by atoms with Gasteiger partial charge in [0.1, 0.15) is 17.2 Å². The van der Waals surface area contributed by atoms with Crippen LogP contribution >= 0.6 is 0 Å². The average Bonchev–Trinajstić information content (AvgIpc) is 3.27. The Morgan fingerprint density at radius 2 is 1.81 bits per heavy atom. The molecule has 0 aliphatic carbocycles. The largest absolute Gasteiger partial charge is 0.464 e. The van der Waals surface area contributed by atoms with E-state index in [2.05, 4.69) is 0 Å². The summed E-state index contributed by atoms with van der Waals surface area (Å²) in [6.45, 7) is 1.57. The van der Waals surface area contributed by atoms with Gasteiger partial charge in [0.15, 0.2) is 0 Å². The molecule has 0 N–H and O–H groups in total. The third kappa shape index (κ3) is 3.66. The molecule has 5 rings (SSSR count). The van der Waals surface area contributed by atoms with E-state index in [9.17, 15) is 18.4 Å². The maximum absolute atomic E-state index is 14.1. The van der Waals surface area contributed by atoms with Crippen LogP contribution in [-0.2, 0) is 11.3 Å². The van der Waals surface area contributed by atoms with Crippen LogP contribution < -0.4 is 0 Å². The Hall–Kier alpha value is -3.22. The van der Waals surface area contributed by atoms with Gasteiger partial charge in [-0.25, -0.2) is 8.78 Å². The highest BCUT2D eigenvalue weighted by Crippen LogP contribution is 2.41. The van der Waals surface area contributed by atoms with Crippen LogP contribution in [0.4, 0.5) is 8.78 Å². The van der Waals surface area contributed by atoms with Crippen molar-refractivity contribution in [1.82, 2.24) is 9.80 Å². The van der Waals surface area contributed by atoms with Gasteiger partial charge in [0, 0.05) is 42.7 Å². The van der Waals surface area contributed by atoms with Crippen LogP contribution in [0, 0.1) is 17.0 Å². The van der Waals surface area contributed by atoms with Gasteiger partial charge in [-0.15, -0.1) is 0 Å². The summed E-state index contributed by atoms with van der Waals surface area (Å²) in [5.74, 6) is -1.11. The van der Waals surface area contributed by atoms with Crippen molar-refractivity contribution in [3.8, 4) is 0 Å². The summed E-state index contributed by atoms with van der Waals surface area (Å²) in [7, 11) is 0. The number of furan rings is 1. The Morgan fingerprint density at radius 1 is 1.00 bits per heavy atom. The van der Waals surface area contributed by atoms with Crippen molar-refractivity contribution in [2.24, 2.45) is 5.41 Å². The van der Waals surface area contributed by atoms with Crippen LogP contribution in [-0.4, -0.2) is 41.2 Å². The lowest BCUT2D eigenvalue weighted by molar-refractivity contribution is -0.150. The Labute approximate surface area is 184 Å². The summed E-state index contributed by atoms with van der Waals surface area (Å²) in [5, 5.41) is 0.946. The SMILES string of the molecule is O=C(c1ccc2ccoc2c1)N1CCC2(CCCN(Cc3cc(F)ccc3F)C2=O)CC1. The molecule has 1 spiro atoms. The highest BCUT2D eigenvalue weighted by molar-refractivity contribution is 5.97. The predicted molar refractivity (Wildman–Crippen MR) is 115 cm³/mol. The van der Waals surface area contributed by atoms with E-state index in [0.717, 1.165) is 36.4 Å². The molecule has 3 heterocycles. The first-order valence-electron chi connectivity index (χ1n) is 11.0. The number of fused-ring (bicyclic) bond motifs is 1. The Bertz CT molecular complexity index is 1180. The van der Waals surface area contributed by atoms with Crippen molar-refractivity contribution in [3.05, 3.63) is 71.5 Å². The second kappa shape index (κ2) is 8.04. The van der Waals surface area contributed by atoms with Gasteiger partial charge in [0.2, 0.25) is 5.91 Å². The van der Waals surface area contributed by atoms with E-state index >= 15 is 0 Å². The van der Waals surface area contributed by atoms with Gasteiger partial charge in [0.05, 0.1) is 11.7 Å². The zero-order valence-electron chi connectivity index (χ0n) is 17.7. The Morgan fingerprint density at radius 3 is 2.62 bits per heavy atom. The van der Waals surface area contributed by atoms with Gasteiger partial charge in [0.25, 0.3) is 5.91 Å². The molecule has 166 valence electrons. The first-order chi connectivity index (χ1) is 15.4. The van der Waals surface area contributed by atoms with E-state index in [1.165, 1.54) is 0 Å². The third-order valence-corrected chi connectivity index (χ3v) is 6.90. The van der Waals surface area contributed by atoms with Gasteiger partial charge >= 0.3 is 0 Å². The van der Waals surface area contributed by atoms with E-state index in [1.54, 1.807) is 28.2 Å². The average molecular weight is 438 g/mol. The number of carbonyl (C=O) groups excluding carboxylic acids is 2. The molecule has 32 heavy (non-hydrogen) atoms. The summed E-state index contributed by atoms with van der Waals surface area (Å²) in [4.78, 5) is 29.8. The van der Waals surface area contributed by atoms with Crippen LogP contribution in [0.1, 0.15) is 41.6 Å². The van der Waals surface area contributed by atoms with Crippen molar-refractivity contribution in [2.75, 3.05) is 19.6 Å². The lowest BCUT2D eigenvalue weighted by atomic mass is 9.71. The van der Waals surface area contributed by atoms with Crippen LogP contribution in [0.2, 0.25) is 0 Å². The van der Waals surface area contributed by atoms with Gasteiger partial charge in [-0.3, -0.25) is 9.59 Å². The topological polar surface area (TPSA) is 53.8 Å². The van der Waals surface area contributed by atoms with E-state index in [1.807, 2.05) is 12.1 Å². The standard InChI is InChI=1S/C25H24F2N2O3/c26-20-4-5-21(27)19(14-20)16-29-10-1-7-25(24(29)31)8-11-28(12-9-25)23(30)18-3-2-17-6-13-32-22(17)15-18/h2-6,13-15H,1,7-12,16H2. The second-order valence-electron chi connectivity index (χ2n) is 8.81. The smallest absolute Gasteiger partial charge is 0.253 e. The third-order valence-electron chi connectivity index (χ3n) is 6.90. The molecule has 0 atom stereocenters. The molecule has 3 aromatic rings. The van der Waals surface area contributed by atoms with E-state index < -0.39 is 17.0 Å². The van der Waals surface area contributed by atoms with Gasteiger partial charge in [-0.2, -0.15) is 0 Å². The van der Waals surface area contributed by atoms with Crippen molar-refractivity contribution in [1.29, 1.82) is 0 Å². The quantitative estimate of drug-likeness (QED) is 0.593. The van der Waals surface area contributed by atoms with Gasteiger partial charge in [-0.1, -0.05) is 6.07 Å². The molecule has 1 aromatic heterocycles. The highest BCUT2D eigenvalue weighted by Gasteiger charge is 2.46. The molecule has 2 amide bonds. The zero-order chi connectivity index (χ0) is 22.3. The maximum atomic E-state index is 14.1. The van der Waals surface area contributed by atoms with Crippen molar-refractivity contribution in [2.45, 2.75) is 32.2 Å². The van der Waals surface area contributed by atoms with Crippen molar-refractivity contribution in [3.63, 3.8) is 0 Å². The lowest BCUT2D eigenvalue weighted by Gasteiger charge is -2.46. The molecule has 7 heteroatoms. The number of benzene rings is 2. The molecular weight excluding hydrogens is 414 g/mol. The fourth-order valence-electron chi connectivity index (χ4n) is 5.05. The first kappa shape index (κ1) is 20.7. The molecule has 2 aliphatic rings. The normalized spacial score (nSPS) is 18.5. The summed E-state index contributed by atoms with van der Waals surface area (Å²) in [6, 6.07) is 10.6. The first-order valence-corrected chi connectivity index (χ1v) is 11.0. The molecule has 2 fully saturated rings. The number of nitrogens with zero attached hydrogens (tertiary/aromatic N) is 2. The molecule has 0 unspecified atom stereocenters. The van der Waals surface area contributed by atoms with Gasteiger partial charge in [-0.05, 0) is 62.1 Å². The van der Waals surface area contributed by atoms with E-state index in [-0.39, 0.29) is 23.9 Å². The molecule has 2 aromatic carbocycles. The number of halogens is 2. The minimum Gasteiger partial charge on any atom is -0.464 e. The summed E-state index contributed by atoms with van der Waals surface area (Å²) >= 11 is 0. The fraction of sp³-hybridized carbons (Fsp3) is 0.360. The van der Waals surface area contributed by atoms with Crippen molar-refractivity contribution >= 4 is 22.8 Å². The summed E-state index contributed by atoms with van der Waals surface area (Å²) < 4.78 is 33.1. The number of amides is 2. The van der Waals surface area contributed by atoms with E-state index in [4.69, 9.17) is 4.42 Å². The highest BCUT2D eigenvalue weighted by atomic mass is 19.1. The minimum atomic E-state index is -0.538.